The summed E-state index contributed by atoms with van der Waals surface area (Å²) in [4.78, 5) is 13.2. The molecule has 1 saturated carbocycles. The van der Waals surface area contributed by atoms with Crippen LogP contribution in [0.25, 0.3) is 5.69 Å². The maximum Gasteiger partial charge on any atom is 0.270 e. The molecule has 4 rings (SSSR count). The molecule has 1 atom stereocenters. The fourth-order valence-corrected chi connectivity index (χ4v) is 3.43. The van der Waals surface area contributed by atoms with Crippen LogP contribution in [0.4, 0.5) is 0 Å². The molecule has 6 nitrogen and oxygen atoms in total. The van der Waals surface area contributed by atoms with Crippen LogP contribution in [-0.2, 0) is 0 Å². The van der Waals surface area contributed by atoms with E-state index in [9.17, 15) is 4.79 Å². The zero-order valence-corrected chi connectivity index (χ0v) is 16.9. The van der Waals surface area contributed by atoms with Crippen LogP contribution in [0, 0.1) is 0 Å². The van der Waals surface area contributed by atoms with Gasteiger partial charge < -0.3 is 14.8 Å². The summed E-state index contributed by atoms with van der Waals surface area (Å²) < 4.78 is 12.5. The number of hydrogen-bond donors (Lipinski definition) is 1. The number of amides is 1. The van der Waals surface area contributed by atoms with Crippen LogP contribution in [0.15, 0.2) is 54.6 Å². The minimum absolute atomic E-state index is 0.175. The van der Waals surface area contributed by atoms with E-state index < -0.39 is 0 Å². The van der Waals surface area contributed by atoms with Crippen molar-refractivity contribution < 1.29 is 14.3 Å². The Bertz CT molecular complexity index is 1010. The second kappa shape index (κ2) is 7.99. The Hall–Kier alpha value is -3.28. The normalized spacial score (nSPS) is 14.3. The summed E-state index contributed by atoms with van der Waals surface area (Å²) in [5.41, 5.74) is 3.24. The van der Waals surface area contributed by atoms with Gasteiger partial charge in [0.15, 0.2) is 0 Å². The predicted octanol–water partition coefficient (Wildman–Crippen LogP) is 4.26. The summed E-state index contributed by atoms with van der Waals surface area (Å²) in [6.45, 7) is 1.93. The van der Waals surface area contributed by atoms with Crippen LogP contribution in [0.2, 0.25) is 0 Å². The minimum atomic E-state index is -0.268. The van der Waals surface area contributed by atoms with Gasteiger partial charge in [0.2, 0.25) is 0 Å². The molecule has 0 bridgehead atoms. The molecule has 2 aromatic carbocycles. The second-order valence-corrected chi connectivity index (χ2v) is 7.28. The fraction of sp³-hybridized carbons (Fsp3) is 0.304. The van der Waals surface area contributed by atoms with E-state index in [1.54, 1.807) is 18.9 Å². The molecule has 1 aliphatic carbocycles. The fourth-order valence-electron chi connectivity index (χ4n) is 3.43. The van der Waals surface area contributed by atoms with Gasteiger partial charge in [-0.05, 0) is 56.2 Å². The molecule has 150 valence electrons. The number of benzene rings is 2. The van der Waals surface area contributed by atoms with Gasteiger partial charge in [-0.15, -0.1) is 0 Å². The predicted molar refractivity (Wildman–Crippen MR) is 111 cm³/mol. The highest BCUT2D eigenvalue weighted by molar-refractivity contribution is 5.93. The maximum absolute atomic E-state index is 13.2. The monoisotopic (exact) mass is 391 g/mol. The van der Waals surface area contributed by atoms with Crippen molar-refractivity contribution in [1.82, 2.24) is 15.1 Å². The third-order valence-electron chi connectivity index (χ3n) is 5.21. The lowest BCUT2D eigenvalue weighted by Crippen LogP contribution is -2.29. The molecule has 1 amide bonds. The van der Waals surface area contributed by atoms with E-state index >= 15 is 0 Å². The molecule has 29 heavy (non-hydrogen) atoms. The lowest BCUT2D eigenvalue weighted by molar-refractivity contribution is 0.0931. The highest BCUT2D eigenvalue weighted by Crippen LogP contribution is 2.40. The van der Waals surface area contributed by atoms with E-state index in [1.165, 1.54) is 0 Å². The van der Waals surface area contributed by atoms with Gasteiger partial charge in [0.1, 0.15) is 17.2 Å². The van der Waals surface area contributed by atoms with Crippen molar-refractivity contribution in [3.8, 4) is 17.2 Å². The Morgan fingerprint density at radius 1 is 1.10 bits per heavy atom. The molecule has 0 radical (unpaired) electrons. The number of nitrogens with zero attached hydrogens (tertiary/aromatic N) is 2. The molecule has 1 aliphatic rings. The lowest BCUT2D eigenvalue weighted by atomic mass is 10.1. The first kappa shape index (κ1) is 19.1. The largest absolute Gasteiger partial charge is 0.497 e. The molecule has 6 heteroatoms. The number of ether oxygens (including phenoxy) is 2. The number of para-hydroxylation sites is 1. The topological polar surface area (TPSA) is 65.4 Å². The van der Waals surface area contributed by atoms with Gasteiger partial charge in [-0.25, -0.2) is 4.68 Å². The van der Waals surface area contributed by atoms with E-state index in [1.807, 2.05) is 61.5 Å². The quantitative estimate of drug-likeness (QED) is 0.654. The molecular weight excluding hydrogens is 366 g/mol. The Labute approximate surface area is 170 Å². The van der Waals surface area contributed by atoms with E-state index in [2.05, 4.69) is 5.32 Å². The van der Waals surface area contributed by atoms with Crippen molar-refractivity contribution in [2.45, 2.75) is 31.7 Å². The Morgan fingerprint density at radius 2 is 1.86 bits per heavy atom. The van der Waals surface area contributed by atoms with Gasteiger partial charge >= 0.3 is 0 Å². The summed E-state index contributed by atoms with van der Waals surface area (Å²) in [6.07, 6.45) is 2.26. The molecule has 1 N–H and O–H groups in total. The Morgan fingerprint density at radius 3 is 2.52 bits per heavy atom. The van der Waals surface area contributed by atoms with Crippen molar-refractivity contribution in [3.05, 3.63) is 71.5 Å². The third-order valence-corrected chi connectivity index (χ3v) is 5.21. The first-order valence-corrected chi connectivity index (χ1v) is 9.79. The average molecular weight is 391 g/mol. The molecule has 1 aromatic heterocycles. The number of methoxy groups -OCH3 is 2. The number of rotatable bonds is 7. The average Bonchev–Trinajstić information content (AvgIpc) is 3.51. The van der Waals surface area contributed by atoms with Crippen LogP contribution in [0.1, 0.15) is 53.5 Å². The molecular formula is C23H25N3O3. The number of carbonyl (C=O) groups excluding carboxylic acids is 1. The Balaban J connectivity index is 1.63. The van der Waals surface area contributed by atoms with Gasteiger partial charge in [0.05, 0.1) is 31.6 Å². The van der Waals surface area contributed by atoms with Crippen molar-refractivity contribution in [3.63, 3.8) is 0 Å². The summed E-state index contributed by atoms with van der Waals surface area (Å²) in [5, 5.41) is 7.80. The summed E-state index contributed by atoms with van der Waals surface area (Å²) in [7, 11) is 3.24. The number of carbonyl (C=O) groups is 1. The van der Waals surface area contributed by atoms with Gasteiger partial charge in [0, 0.05) is 11.5 Å². The number of aromatic nitrogens is 2. The summed E-state index contributed by atoms with van der Waals surface area (Å²) in [6, 6.07) is 17.0. The molecule has 1 heterocycles. The summed E-state index contributed by atoms with van der Waals surface area (Å²) >= 11 is 0. The van der Waals surface area contributed by atoms with E-state index in [-0.39, 0.29) is 11.9 Å². The van der Waals surface area contributed by atoms with E-state index in [0.29, 0.717) is 23.1 Å². The zero-order chi connectivity index (χ0) is 20.4. The van der Waals surface area contributed by atoms with Crippen molar-refractivity contribution in [2.24, 2.45) is 0 Å². The smallest absolute Gasteiger partial charge is 0.270 e. The molecule has 0 spiro atoms. The van der Waals surface area contributed by atoms with E-state index in [4.69, 9.17) is 14.6 Å². The van der Waals surface area contributed by atoms with Gasteiger partial charge in [-0.3, -0.25) is 4.79 Å². The highest BCUT2D eigenvalue weighted by Gasteiger charge is 2.29. The molecule has 3 aromatic rings. The van der Waals surface area contributed by atoms with Crippen LogP contribution in [-0.4, -0.2) is 29.9 Å². The number of hydrogen-bond acceptors (Lipinski definition) is 4. The van der Waals surface area contributed by atoms with Crippen molar-refractivity contribution in [1.29, 1.82) is 0 Å². The molecule has 0 saturated heterocycles. The first-order chi connectivity index (χ1) is 14.1. The standard InChI is InChI=1S/C23H25N3O3/c1-15(19-13-18(28-2)11-12-22(19)29-3)24-23(27)21-14-20(16-9-10-16)25-26(21)17-7-5-4-6-8-17/h4-8,11-16H,9-10H2,1-3H3,(H,24,27). The zero-order valence-electron chi connectivity index (χ0n) is 16.9. The van der Waals surface area contributed by atoms with Crippen molar-refractivity contribution in [2.75, 3.05) is 14.2 Å². The van der Waals surface area contributed by atoms with Crippen molar-refractivity contribution >= 4 is 5.91 Å². The lowest BCUT2D eigenvalue weighted by Gasteiger charge is -2.18. The van der Waals surface area contributed by atoms with Gasteiger partial charge in [-0.1, -0.05) is 18.2 Å². The Kier molecular flexibility index (Phi) is 5.25. The van der Waals surface area contributed by atoms with Crippen LogP contribution < -0.4 is 14.8 Å². The van der Waals surface area contributed by atoms with Crippen LogP contribution >= 0.6 is 0 Å². The maximum atomic E-state index is 13.2. The first-order valence-electron chi connectivity index (χ1n) is 9.79. The number of nitrogens with one attached hydrogen (secondary N) is 1. The van der Waals surface area contributed by atoms with Gasteiger partial charge in [-0.2, -0.15) is 5.10 Å². The molecule has 1 unspecified atom stereocenters. The SMILES string of the molecule is COc1ccc(OC)c(C(C)NC(=O)c2cc(C3CC3)nn2-c2ccccc2)c1. The third kappa shape index (κ3) is 3.97. The second-order valence-electron chi connectivity index (χ2n) is 7.28. The highest BCUT2D eigenvalue weighted by atomic mass is 16.5. The molecule has 0 aliphatic heterocycles. The van der Waals surface area contributed by atoms with Crippen LogP contribution in [0.3, 0.4) is 0 Å². The summed E-state index contributed by atoms with van der Waals surface area (Å²) in [5.74, 6) is 1.70. The molecule has 1 fully saturated rings. The minimum Gasteiger partial charge on any atom is -0.497 e. The van der Waals surface area contributed by atoms with Gasteiger partial charge in [0.25, 0.3) is 5.91 Å². The van der Waals surface area contributed by atoms with E-state index in [0.717, 1.165) is 29.8 Å². The van der Waals surface area contributed by atoms with Crippen LogP contribution in [0.5, 0.6) is 11.5 Å².